The molecule has 2 fully saturated rings. The molecule has 2 aromatic heterocycles. The number of anilines is 1. The van der Waals surface area contributed by atoms with Crippen molar-refractivity contribution in [3.05, 3.63) is 48.3 Å². The highest BCUT2D eigenvalue weighted by Crippen LogP contribution is 2.34. The molecule has 1 N–H and O–H groups in total. The van der Waals surface area contributed by atoms with Gasteiger partial charge in [-0.1, -0.05) is 6.07 Å². The first kappa shape index (κ1) is 20.9. The Hall–Kier alpha value is -2.82. The van der Waals surface area contributed by atoms with E-state index in [0.29, 0.717) is 18.0 Å². The molecular formula is C18H19F4N5O2. The summed E-state index contributed by atoms with van der Waals surface area (Å²) in [6, 6.07) is 5.06. The number of carboxylic acids is 1. The van der Waals surface area contributed by atoms with Crippen LogP contribution >= 0.6 is 0 Å². The second kappa shape index (κ2) is 8.68. The Morgan fingerprint density at radius 1 is 1.14 bits per heavy atom. The number of pyridine rings is 1. The molecule has 156 valence electrons. The van der Waals surface area contributed by atoms with Crippen molar-refractivity contribution >= 4 is 11.9 Å². The topological polar surface area (TPSA) is 82.5 Å². The summed E-state index contributed by atoms with van der Waals surface area (Å²) < 4.78 is 44.7. The van der Waals surface area contributed by atoms with E-state index >= 15 is 0 Å². The second-order valence-corrected chi connectivity index (χ2v) is 6.74. The van der Waals surface area contributed by atoms with Gasteiger partial charge in [-0.05, 0) is 24.5 Å². The van der Waals surface area contributed by atoms with E-state index in [2.05, 4.69) is 30.8 Å². The van der Waals surface area contributed by atoms with E-state index in [9.17, 15) is 17.6 Å². The minimum Gasteiger partial charge on any atom is -0.475 e. The number of fused-ring (bicyclic) bond motifs is 1. The highest BCUT2D eigenvalue weighted by atomic mass is 19.4. The monoisotopic (exact) mass is 413 g/mol. The molecule has 0 spiro atoms. The van der Waals surface area contributed by atoms with Gasteiger partial charge in [0.25, 0.3) is 0 Å². The molecule has 4 rings (SSSR count). The van der Waals surface area contributed by atoms with Gasteiger partial charge in [0, 0.05) is 44.1 Å². The number of rotatable bonds is 3. The summed E-state index contributed by atoms with van der Waals surface area (Å²) in [6.45, 7) is 2.94. The standard InChI is InChI=1S/C16H18FN5.C2HF3O2/c17-13-9-19-16(20-10-13)22-7-4-14-15(22)3-6-21(14)11-12-2-1-5-18-8-12;3-2(4,5)1(6)7/h1-2,5,8-10,14-15H,3-4,6-7,11H2;(H,6,7)/t14-,15+;/m0./s1. The summed E-state index contributed by atoms with van der Waals surface area (Å²) in [5.74, 6) is -2.49. The molecular weight excluding hydrogens is 394 g/mol. The zero-order valence-corrected chi connectivity index (χ0v) is 15.3. The first-order valence-corrected chi connectivity index (χ1v) is 8.93. The fourth-order valence-corrected chi connectivity index (χ4v) is 3.70. The predicted molar refractivity (Wildman–Crippen MR) is 94.5 cm³/mol. The average Bonchev–Trinajstić information content (AvgIpc) is 3.26. The Bertz CT molecular complexity index is 819. The summed E-state index contributed by atoms with van der Waals surface area (Å²) in [4.78, 5) is 26.1. The first-order chi connectivity index (χ1) is 13.8. The normalized spacial score (nSPS) is 21.4. The summed E-state index contributed by atoms with van der Waals surface area (Å²) in [7, 11) is 0. The third kappa shape index (κ3) is 5.17. The van der Waals surface area contributed by atoms with Crippen LogP contribution in [0.4, 0.5) is 23.5 Å². The van der Waals surface area contributed by atoms with Crippen molar-refractivity contribution in [2.45, 2.75) is 37.6 Å². The van der Waals surface area contributed by atoms with Crippen LogP contribution in [0.5, 0.6) is 0 Å². The van der Waals surface area contributed by atoms with Crippen LogP contribution in [0, 0.1) is 5.82 Å². The van der Waals surface area contributed by atoms with Crippen LogP contribution in [-0.2, 0) is 11.3 Å². The van der Waals surface area contributed by atoms with Gasteiger partial charge in [-0.2, -0.15) is 13.2 Å². The maximum atomic E-state index is 13.0. The fourth-order valence-electron chi connectivity index (χ4n) is 3.70. The number of carbonyl (C=O) groups is 1. The maximum absolute atomic E-state index is 13.0. The zero-order chi connectivity index (χ0) is 21.0. The summed E-state index contributed by atoms with van der Waals surface area (Å²) in [6.07, 6.45) is 3.36. The maximum Gasteiger partial charge on any atom is 0.490 e. The van der Waals surface area contributed by atoms with E-state index in [1.807, 2.05) is 12.3 Å². The van der Waals surface area contributed by atoms with Crippen molar-refractivity contribution in [3.63, 3.8) is 0 Å². The lowest BCUT2D eigenvalue weighted by molar-refractivity contribution is -0.192. The molecule has 11 heteroatoms. The number of alkyl halides is 3. The van der Waals surface area contributed by atoms with Crippen LogP contribution < -0.4 is 4.90 Å². The Morgan fingerprint density at radius 2 is 1.79 bits per heavy atom. The van der Waals surface area contributed by atoms with Gasteiger partial charge in [0.2, 0.25) is 5.95 Å². The molecule has 0 amide bonds. The van der Waals surface area contributed by atoms with E-state index < -0.39 is 12.1 Å². The molecule has 0 aliphatic carbocycles. The predicted octanol–water partition coefficient (Wildman–Crippen LogP) is 2.50. The SMILES string of the molecule is Fc1cnc(N2CC[C@H]3[C@H]2CCN3Cc2cccnc2)nc1.O=C(O)C(F)(F)F. The van der Waals surface area contributed by atoms with Crippen molar-refractivity contribution in [2.24, 2.45) is 0 Å². The van der Waals surface area contributed by atoms with Gasteiger partial charge in [-0.3, -0.25) is 9.88 Å². The van der Waals surface area contributed by atoms with Gasteiger partial charge in [0.05, 0.1) is 12.4 Å². The summed E-state index contributed by atoms with van der Waals surface area (Å²) in [5, 5.41) is 7.12. The van der Waals surface area contributed by atoms with Crippen LogP contribution in [0.2, 0.25) is 0 Å². The zero-order valence-electron chi connectivity index (χ0n) is 15.3. The van der Waals surface area contributed by atoms with Gasteiger partial charge in [0.1, 0.15) is 0 Å². The van der Waals surface area contributed by atoms with E-state index in [1.165, 1.54) is 18.0 Å². The third-order valence-corrected chi connectivity index (χ3v) is 4.91. The first-order valence-electron chi connectivity index (χ1n) is 8.93. The highest BCUT2D eigenvalue weighted by molar-refractivity contribution is 5.73. The van der Waals surface area contributed by atoms with Crippen LogP contribution in [0.3, 0.4) is 0 Å². The smallest absolute Gasteiger partial charge is 0.475 e. The van der Waals surface area contributed by atoms with Crippen LogP contribution in [0.25, 0.3) is 0 Å². The molecule has 2 atom stereocenters. The van der Waals surface area contributed by atoms with E-state index in [4.69, 9.17) is 9.90 Å². The molecule has 0 saturated carbocycles. The van der Waals surface area contributed by atoms with Gasteiger partial charge >= 0.3 is 12.1 Å². The van der Waals surface area contributed by atoms with Crippen molar-refractivity contribution in [3.8, 4) is 0 Å². The number of carboxylic acid groups (broad SMARTS) is 1. The molecule has 29 heavy (non-hydrogen) atoms. The molecule has 2 aliphatic rings. The summed E-state index contributed by atoms with van der Waals surface area (Å²) in [5.41, 5.74) is 1.25. The van der Waals surface area contributed by atoms with Gasteiger partial charge in [0.15, 0.2) is 5.82 Å². The molecule has 2 saturated heterocycles. The Labute approximate surface area is 164 Å². The summed E-state index contributed by atoms with van der Waals surface area (Å²) >= 11 is 0. The lowest BCUT2D eigenvalue weighted by Crippen LogP contribution is -2.37. The molecule has 7 nitrogen and oxygen atoms in total. The largest absolute Gasteiger partial charge is 0.490 e. The molecule has 0 unspecified atom stereocenters. The molecule has 2 aromatic rings. The van der Waals surface area contributed by atoms with Crippen molar-refractivity contribution in [2.75, 3.05) is 18.0 Å². The minimum absolute atomic E-state index is 0.385. The van der Waals surface area contributed by atoms with Gasteiger partial charge in [-0.15, -0.1) is 0 Å². The number of halogens is 4. The molecule has 0 aromatic carbocycles. The molecule has 4 heterocycles. The quantitative estimate of drug-likeness (QED) is 0.775. The molecule has 0 radical (unpaired) electrons. The number of hydrogen-bond acceptors (Lipinski definition) is 6. The Balaban J connectivity index is 0.000000298. The van der Waals surface area contributed by atoms with E-state index in [-0.39, 0.29) is 5.82 Å². The van der Waals surface area contributed by atoms with Crippen molar-refractivity contribution in [1.29, 1.82) is 0 Å². The number of aromatic nitrogens is 3. The Kier molecular flexibility index (Phi) is 6.26. The lowest BCUT2D eigenvalue weighted by Gasteiger charge is -2.25. The number of aliphatic carboxylic acids is 1. The number of nitrogens with zero attached hydrogens (tertiary/aromatic N) is 5. The highest BCUT2D eigenvalue weighted by Gasteiger charge is 2.43. The Morgan fingerprint density at radius 3 is 2.38 bits per heavy atom. The van der Waals surface area contributed by atoms with Crippen LogP contribution in [-0.4, -0.2) is 62.3 Å². The van der Waals surface area contributed by atoms with E-state index in [0.717, 1.165) is 32.5 Å². The van der Waals surface area contributed by atoms with Crippen molar-refractivity contribution in [1.82, 2.24) is 19.9 Å². The fraction of sp³-hybridized carbons (Fsp3) is 0.444. The van der Waals surface area contributed by atoms with Gasteiger partial charge < -0.3 is 10.0 Å². The van der Waals surface area contributed by atoms with Crippen molar-refractivity contribution < 1.29 is 27.5 Å². The van der Waals surface area contributed by atoms with Crippen LogP contribution in [0.15, 0.2) is 36.9 Å². The third-order valence-electron chi connectivity index (χ3n) is 4.91. The van der Waals surface area contributed by atoms with Gasteiger partial charge in [-0.25, -0.2) is 19.2 Å². The molecule has 0 bridgehead atoms. The second-order valence-electron chi connectivity index (χ2n) is 6.74. The average molecular weight is 413 g/mol. The van der Waals surface area contributed by atoms with E-state index in [1.54, 1.807) is 6.20 Å². The van der Waals surface area contributed by atoms with Crippen LogP contribution in [0.1, 0.15) is 18.4 Å². The lowest BCUT2D eigenvalue weighted by atomic mass is 10.1. The minimum atomic E-state index is -5.08. The number of likely N-dealkylation sites (tertiary alicyclic amines) is 1. The number of hydrogen-bond donors (Lipinski definition) is 1. The molecule has 2 aliphatic heterocycles.